The molecular formula is C15H14BrNO3. The average Bonchev–Trinajstić information content (AvgIpc) is 2.38. The fraction of sp³-hybridized carbons (Fsp3) is 0.133. The molecular weight excluding hydrogens is 322 g/mol. The highest BCUT2D eigenvalue weighted by Gasteiger charge is 2.05. The number of amides is 1. The predicted molar refractivity (Wildman–Crippen MR) is 81.1 cm³/mol. The second-order valence-corrected chi connectivity index (χ2v) is 5.26. The van der Waals surface area contributed by atoms with E-state index in [0.717, 1.165) is 10.0 Å². The van der Waals surface area contributed by atoms with Crippen molar-refractivity contribution in [3.05, 3.63) is 52.5 Å². The highest BCUT2D eigenvalue weighted by molar-refractivity contribution is 9.10. The second-order valence-electron chi connectivity index (χ2n) is 4.35. The Kier molecular flexibility index (Phi) is 4.63. The summed E-state index contributed by atoms with van der Waals surface area (Å²) in [6.07, 6.45) is 0. The Labute approximate surface area is 125 Å². The van der Waals surface area contributed by atoms with Crippen LogP contribution in [0.25, 0.3) is 0 Å². The molecule has 0 aliphatic heterocycles. The molecule has 0 aliphatic carbocycles. The molecule has 20 heavy (non-hydrogen) atoms. The van der Waals surface area contributed by atoms with Crippen LogP contribution < -0.4 is 10.1 Å². The van der Waals surface area contributed by atoms with Crippen molar-refractivity contribution in [2.24, 2.45) is 0 Å². The van der Waals surface area contributed by atoms with Crippen molar-refractivity contribution < 1.29 is 14.6 Å². The van der Waals surface area contributed by atoms with E-state index >= 15 is 0 Å². The third kappa shape index (κ3) is 4.28. The standard InChI is InChI=1S/C15H14BrNO3/c1-10-6-13(18)8-14(7-10)20-9-15(19)17-12-4-2-11(16)3-5-12/h2-8,18H,9H2,1H3,(H,17,19). The molecule has 0 heterocycles. The fourth-order valence-corrected chi connectivity index (χ4v) is 1.96. The summed E-state index contributed by atoms with van der Waals surface area (Å²) < 4.78 is 6.29. The molecule has 0 saturated heterocycles. The van der Waals surface area contributed by atoms with E-state index in [4.69, 9.17) is 4.74 Å². The number of aryl methyl sites for hydroxylation is 1. The first-order chi connectivity index (χ1) is 9.52. The van der Waals surface area contributed by atoms with Gasteiger partial charge in [-0.05, 0) is 48.9 Å². The minimum absolute atomic E-state index is 0.112. The maximum absolute atomic E-state index is 11.7. The van der Waals surface area contributed by atoms with E-state index in [1.54, 1.807) is 24.3 Å². The maximum Gasteiger partial charge on any atom is 0.262 e. The van der Waals surface area contributed by atoms with Crippen molar-refractivity contribution in [1.29, 1.82) is 0 Å². The Hall–Kier alpha value is -2.01. The van der Waals surface area contributed by atoms with Crippen LogP contribution in [0.15, 0.2) is 46.9 Å². The molecule has 2 N–H and O–H groups in total. The number of anilines is 1. The van der Waals surface area contributed by atoms with Gasteiger partial charge in [-0.25, -0.2) is 0 Å². The van der Waals surface area contributed by atoms with Gasteiger partial charge < -0.3 is 15.2 Å². The van der Waals surface area contributed by atoms with Crippen LogP contribution in [-0.2, 0) is 4.79 Å². The van der Waals surface area contributed by atoms with Gasteiger partial charge in [0.15, 0.2) is 6.61 Å². The zero-order chi connectivity index (χ0) is 14.5. The summed E-state index contributed by atoms with van der Waals surface area (Å²) in [4.78, 5) is 11.7. The number of benzene rings is 2. The smallest absolute Gasteiger partial charge is 0.262 e. The van der Waals surface area contributed by atoms with Crippen LogP contribution >= 0.6 is 15.9 Å². The quantitative estimate of drug-likeness (QED) is 0.899. The number of rotatable bonds is 4. The molecule has 104 valence electrons. The van der Waals surface area contributed by atoms with Gasteiger partial charge >= 0.3 is 0 Å². The monoisotopic (exact) mass is 335 g/mol. The lowest BCUT2D eigenvalue weighted by Gasteiger charge is -2.08. The highest BCUT2D eigenvalue weighted by Crippen LogP contribution is 2.21. The van der Waals surface area contributed by atoms with Crippen LogP contribution in [0.3, 0.4) is 0 Å². The number of nitrogens with one attached hydrogen (secondary N) is 1. The van der Waals surface area contributed by atoms with E-state index < -0.39 is 0 Å². The number of hydrogen-bond acceptors (Lipinski definition) is 3. The minimum Gasteiger partial charge on any atom is -0.508 e. The van der Waals surface area contributed by atoms with Gasteiger partial charge in [-0.2, -0.15) is 0 Å². The van der Waals surface area contributed by atoms with Gasteiger partial charge in [0.1, 0.15) is 11.5 Å². The highest BCUT2D eigenvalue weighted by atomic mass is 79.9. The second kappa shape index (κ2) is 6.43. The lowest BCUT2D eigenvalue weighted by atomic mass is 10.2. The summed E-state index contributed by atoms with van der Waals surface area (Å²) in [5.41, 5.74) is 1.57. The van der Waals surface area contributed by atoms with Crippen LogP contribution in [0, 0.1) is 6.92 Å². The molecule has 1 amide bonds. The first-order valence-corrected chi connectivity index (χ1v) is 6.81. The lowest BCUT2D eigenvalue weighted by molar-refractivity contribution is -0.118. The summed E-state index contributed by atoms with van der Waals surface area (Å²) >= 11 is 3.33. The van der Waals surface area contributed by atoms with Crippen LogP contribution in [-0.4, -0.2) is 17.6 Å². The number of carbonyl (C=O) groups is 1. The zero-order valence-corrected chi connectivity index (χ0v) is 12.5. The zero-order valence-electron chi connectivity index (χ0n) is 10.9. The first-order valence-electron chi connectivity index (χ1n) is 6.02. The molecule has 0 spiro atoms. The van der Waals surface area contributed by atoms with Crippen LogP contribution in [0.2, 0.25) is 0 Å². The Bertz CT molecular complexity index is 591. The van der Waals surface area contributed by atoms with Crippen molar-refractivity contribution >= 4 is 27.5 Å². The number of halogens is 1. The van der Waals surface area contributed by atoms with Crippen LogP contribution in [0.1, 0.15) is 5.56 Å². The minimum atomic E-state index is -0.256. The largest absolute Gasteiger partial charge is 0.508 e. The number of carbonyl (C=O) groups excluding carboxylic acids is 1. The van der Waals surface area contributed by atoms with Crippen LogP contribution in [0.5, 0.6) is 11.5 Å². The topological polar surface area (TPSA) is 58.6 Å². The van der Waals surface area contributed by atoms with E-state index in [1.165, 1.54) is 6.07 Å². The molecule has 0 fully saturated rings. The van der Waals surface area contributed by atoms with Crippen molar-refractivity contribution in [3.8, 4) is 11.5 Å². The van der Waals surface area contributed by atoms with Crippen LogP contribution in [0.4, 0.5) is 5.69 Å². The molecule has 4 nitrogen and oxygen atoms in total. The molecule has 0 radical (unpaired) electrons. The third-order valence-electron chi connectivity index (χ3n) is 2.53. The normalized spacial score (nSPS) is 10.1. The van der Waals surface area contributed by atoms with Gasteiger partial charge in [-0.15, -0.1) is 0 Å². The molecule has 0 aromatic heterocycles. The molecule has 5 heteroatoms. The van der Waals surface area contributed by atoms with Gasteiger partial charge in [-0.1, -0.05) is 15.9 Å². The molecule has 0 aliphatic rings. The third-order valence-corrected chi connectivity index (χ3v) is 3.06. The molecule has 0 atom stereocenters. The van der Waals surface area contributed by atoms with Crippen molar-refractivity contribution in [3.63, 3.8) is 0 Å². The molecule has 2 aromatic carbocycles. The number of phenols is 1. The van der Waals surface area contributed by atoms with E-state index in [9.17, 15) is 9.90 Å². The SMILES string of the molecule is Cc1cc(O)cc(OCC(=O)Nc2ccc(Br)cc2)c1. The molecule has 2 aromatic rings. The van der Waals surface area contributed by atoms with Gasteiger partial charge in [0, 0.05) is 16.2 Å². The summed E-state index contributed by atoms with van der Waals surface area (Å²) in [6.45, 7) is 1.73. The molecule has 0 unspecified atom stereocenters. The summed E-state index contributed by atoms with van der Waals surface area (Å²) in [6, 6.07) is 12.1. The van der Waals surface area contributed by atoms with E-state index in [-0.39, 0.29) is 18.3 Å². The van der Waals surface area contributed by atoms with Crippen molar-refractivity contribution in [1.82, 2.24) is 0 Å². The Morgan fingerprint density at radius 3 is 2.60 bits per heavy atom. The molecule has 0 bridgehead atoms. The van der Waals surface area contributed by atoms with Crippen molar-refractivity contribution in [2.45, 2.75) is 6.92 Å². The number of ether oxygens (including phenoxy) is 1. The summed E-state index contributed by atoms with van der Waals surface area (Å²) in [5, 5.41) is 12.2. The Morgan fingerprint density at radius 1 is 1.25 bits per heavy atom. The summed E-state index contributed by atoms with van der Waals surface area (Å²) in [7, 11) is 0. The number of phenolic OH excluding ortho intramolecular Hbond substituents is 1. The molecule has 2 rings (SSSR count). The Morgan fingerprint density at radius 2 is 1.95 bits per heavy atom. The first kappa shape index (κ1) is 14.4. The summed E-state index contributed by atoms with van der Waals surface area (Å²) in [5.74, 6) is 0.329. The maximum atomic E-state index is 11.7. The van der Waals surface area contributed by atoms with E-state index in [0.29, 0.717) is 11.4 Å². The fourth-order valence-electron chi connectivity index (χ4n) is 1.69. The lowest BCUT2D eigenvalue weighted by Crippen LogP contribution is -2.20. The molecule has 0 saturated carbocycles. The predicted octanol–water partition coefficient (Wildman–Crippen LogP) is 3.48. The number of aromatic hydroxyl groups is 1. The van der Waals surface area contributed by atoms with E-state index in [2.05, 4.69) is 21.2 Å². The van der Waals surface area contributed by atoms with Gasteiger partial charge in [0.05, 0.1) is 0 Å². The van der Waals surface area contributed by atoms with Gasteiger partial charge in [0.2, 0.25) is 0 Å². The number of hydrogen-bond donors (Lipinski definition) is 2. The van der Waals surface area contributed by atoms with Gasteiger partial charge in [0.25, 0.3) is 5.91 Å². The van der Waals surface area contributed by atoms with Gasteiger partial charge in [-0.3, -0.25) is 4.79 Å². The average molecular weight is 336 g/mol. The van der Waals surface area contributed by atoms with E-state index in [1.807, 2.05) is 19.1 Å². The van der Waals surface area contributed by atoms with Crippen molar-refractivity contribution in [2.75, 3.05) is 11.9 Å². The Balaban J connectivity index is 1.90.